The van der Waals surface area contributed by atoms with E-state index < -0.39 is 6.10 Å². The molecule has 0 aliphatic rings. The van der Waals surface area contributed by atoms with Gasteiger partial charge < -0.3 is 9.67 Å². The third-order valence-electron chi connectivity index (χ3n) is 1.90. The number of aromatic nitrogens is 4. The van der Waals surface area contributed by atoms with Gasteiger partial charge in [-0.3, -0.25) is 0 Å². The lowest BCUT2D eigenvalue weighted by Crippen LogP contribution is -2.05. The van der Waals surface area contributed by atoms with Gasteiger partial charge in [-0.25, -0.2) is 4.98 Å². The predicted octanol–water partition coefficient (Wildman–Crippen LogP) is 0.662. The average molecular weight is 210 g/mol. The standard InChI is InChI=1S/C8H10N4OS/c1-5-9-3-6(14-5)7(13)8-11-10-4-12(8)2/h3-4,7,13H,1-2H3. The fourth-order valence-corrected chi connectivity index (χ4v) is 1.94. The number of nitrogens with zero attached hydrogens (tertiary/aromatic N) is 4. The van der Waals surface area contributed by atoms with Crippen molar-refractivity contribution in [3.05, 3.63) is 28.2 Å². The van der Waals surface area contributed by atoms with Crippen molar-refractivity contribution in [2.45, 2.75) is 13.0 Å². The molecule has 0 saturated heterocycles. The van der Waals surface area contributed by atoms with Crippen molar-refractivity contribution in [2.24, 2.45) is 7.05 Å². The Labute approximate surface area is 85.1 Å². The Kier molecular flexibility index (Phi) is 2.30. The second-order valence-electron chi connectivity index (χ2n) is 2.98. The van der Waals surface area contributed by atoms with Crippen LogP contribution in [-0.2, 0) is 7.05 Å². The summed E-state index contributed by atoms with van der Waals surface area (Å²) >= 11 is 1.46. The van der Waals surface area contributed by atoms with Crippen molar-refractivity contribution in [1.29, 1.82) is 0 Å². The monoisotopic (exact) mass is 210 g/mol. The van der Waals surface area contributed by atoms with E-state index in [-0.39, 0.29) is 0 Å². The topological polar surface area (TPSA) is 63.8 Å². The van der Waals surface area contributed by atoms with Crippen molar-refractivity contribution < 1.29 is 5.11 Å². The van der Waals surface area contributed by atoms with Crippen LogP contribution in [0.2, 0.25) is 0 Å². The van der Waals surface area contributed by atoms with Crippen molar-refractivity contribution in [1.82, 2.24) is 19.7 Å². The zero-order valence-electron chi connectivity index (χ0n) is 7.88. The zero-order chi connectivity index (χ0) is 10.1. The molecule has 0 amide bonds. The molecular formula is C8H10N4OS. The van der Waals surface area contributed by atoms with Crippen LogP contribution in [0.15, 0.2) is 12.5 Å². The van der Waals surface area contributed by atoms with Gasteiger partial charge >= 0.3 is 0 Å². The molecular weight excluding hydrogens is 200 g/mol. The van der Waals surface area contributed by atoms with Crippen LogP contribution < -0.4 is 0 Å². The molecule has 1 atom stereocenters. The quantitative estimate of drug-likeness (QED) is 0.791. The number of hydrogen-bond donors (Lipinski definition) is 1. The molecule has 1 N–H and O–H groups in total. The summed E-state index contributed by atoms with van der Waals surface area (Å²) in [5.41, 5.74) is 0. The number of hydrogen-bond acceptors (Lipinski definition) is 5. The van der Waals surface area contributed by atoms with Gasteiger partial charge in [0.15, 0.2) is 5.82 Å². The first kappa shape index (κ1) is 9.29. The van der Waals surface area contributed by atoms with Gasteiger partial charge in [0.25, 0.3) is 0 Å². The minimum absolute atomic E-state index is 0.536. The summed E-state index contributed by atoms with van der Waals surface area (Å²) in [6.07, 6.45) is 2.50. The molecule has 0 saturated carbocycles. The van der Waals surface area contributed by atoms with Gasteiger partial charge in [0.1, 0.15) is 12.4 Å². The van der Waals surface area contributed by atoms with Crippen LogP contribution in [0.3, 0.4) is 0 Å². The second-order valence-corrected chi connectivity index (χ2v) is 4.25. The molecule has 1 unspecified atom stereocenters. The van der Waals surface area contributed by atoms with Gasteiger partial charge in [0.05, 0.1) is 9.88 Å². The third-order valence-corrected chi connectivity index (χ3v) is 2.86. The Morgan fingerprint density at radius 2 is 2.36 bits per heavy atom. The van der Waals surface area contributed by atoms with E-state index in [9.17, 15) is 5.11 Å². The average Bonchev–Trinajstić information content (AvgIpc) is 2.73. The molecule has 0 aromatic carbocycles. The first-order valence-corrected chi connectivity index (χ1v) is 4.94. The van der Waals surface area contributed by atoms with Gasteiger partial charge in [0.2, 0.25) is 0 Å². The van der Waals surface area contributed by atoms with Crippen LogP contribution in [0.1, 0.15) is 21.8 Å². The highest BCUT2D eigenvalue weighted by Crippen LogP contribution is 2.24. The lowest BCUT2D eigenvalue weighted by molar-refractivity contribution is 0.209. The number of thiazole rings is 1. The lowest BCUT2D eigenvalue weighted by atomic mass is 10.3. The van der Waals surface area contributed by atoms with Crippen LogP contribution >= 0.6 is 11.3 Å². The smallest absolute Gasteiger partial charge is 0.167 e. The van der Waals surface area contributed by atoms with Gasteiger partial charge in [-0.2, -0.15) is 0 Å². The van der Waals surface area contributed by atoms with Crippen molar-refractivity contribution in [2.75, 3.05) is 0 Å². The Balaban J connectivity index is 2.33. The SMILES string of the molecule is Cc1ncc(C(O)c2nncn2C)s1. The van der Waals surface area contributed by atoms with E-state index in [1.807, 2.05) is 6.92 Å². The molecule has 0 spiro atoms. The number of rotatable bonds is 2. The Bertz CT molecular complexity index is 436. The normalized spacial score (nSPS) is 13.1. The second kappa shape index (κ2) is 3.47. The van der Waals surface area contributed by atoms with Gasteiger partial charge in [-0.1, -0.05) is 0 Å². The Morgan fingerprint density at radius 3 is 2.86 bits per heavy atom. The maximum absolute atomic E-state index is 9.92. The summed E-state index contributed by atoms with van der Waals surface area (Å²) in [6, 6.07) is 0. The molecule has 6 heteroatoms. The summed E-state index contributed by atoms with van der Waals surface area (Å²) in [4.78, 5) is 4.87. The lowest BCUT2D eigenvalue weighted by Gasteiger charge is -2.05. The molecule has 0 radical (unpaired) electrons. The highest BCUT2D eigenvalue weighted by atomic mass is 32.1. The minimum Gasteiger partial charge on any atom is -0.379 e. The summed E-state index contributed by atoms with van der Waals surface area (Å²) in [5.74, 6) is 0.536. The van der Waals surface area contributed by atoms with E-state index in [0.717, 1.165) is 9.88 Å². The van der Waals surface area contributed by atoms with Gasteiger partial charge in [0, 0.05) is 13.2 Å². The molecule has 5 nitrogen and oxygen atoms in total. The molecule has 2 heterocycles. The maximum atomic E-state index is 9.92. The van der Waals surface area contributed by atoms with Crippen LogP contribution in [0.25, 0.3) is 0 Å². The highest BCUT2D eigenvalue weighted by Gasteiger charge is 2.17. The van der Waals surface area contributed by atoms with E-state index in [2.05, 4.69) is 15.2 Å². The van der Waals surface area contributed by atoms with Crippen LogP contribution in [0, 0.1) is 6.92 Å². The van der Waals surface area contributed by atoms with Crippen LogP contribution in [0.4, 0.5) is 0 Å². The van der Waals surface area contributed by atoms with E-state index >= 15 is 0 Å². The highest BCUT2D eigenvalue weighted by molar-refractivity contribution is 7.11. The predicted molar refractivity (Wildman–Crippen MR) is 51.9 cm³/mol. The summed E-state index contributed by atoms with van der Waals surface area (Å²) in [6.45, 7) is 1.90. The number of aliphatic hydroxyl groups excluding tert-OH is 1. The van der Waals surface area contributed by atoms with Crippen molar-refractivity contribution in [3.8, 4) is 0 Å². The fourth-order valence-electron chi connectivity index (χ4n) is 1.17. The van der Waals surface area contributed by atoms with Gasteiger partial charge in [-0.05, 0) is 6.92 Å². The zero-order valence-corrected chi connectivity index (χ0v) is 8.69. The minimum atomic E-state index is -0.728. The summed E-state index contributed by atoms with van der Waals surface area (Å²) in [5, 5.41) is 18.4. The molecule has 0 fully saturated rings. The Hall–Kier alpha value is -1.27. The van der Waals surface area contributed by atoms with Gasteiger partial charge in [-0.15, -0.1) is 21.5 Å². The van der Waals surface area contributed by atoms with E-state index in [0.29, 0.717) is 5.82 Å². The fraction of sp³-hybridized carbons (Fsp3) is 0.375. The molecule has 0 aliphatic carbocycles. The maximum Gasteiger partial charge on any atom is 0.167 e. The molecule has 0 bridgehead atoms. The van der Waals surface area contributed by atoms with E-state index in [1.54, 1.807) is 24.1 Å². The van der Waals surface area contributed by atoms with Crippen molar-refractivity contribution >= 4 is 11.3 Å². The van der Waals surface area contributed by atoms with Crippen LogP contribution in [-0.4, -0.2) is 24.9 Å². The molecule has 14 heavy (non-hydrogen) atoms. The molecule has 2 aromatic rings. The Morgan fingerprint density at radius 1 is 1.57 bits per heavy atom. The number of aliphatic hydroxyl groups is 1. The molecule has 0 aliphatic heterocycles. The van der Waals surface area contributed by atoms with E-state index in [1.165, 1.54) is 11.3 Å². The first-order chi connectivity index (χ1) is 6.68. The van der Waals surface area contributed by atoms with Crippen LogP contribution in [0.5, 0.6) is 0 Å². The first-order valence-electron chi connectivity index (χ1n) is 4.13. The largest absolute Gasteiger partial charge is 0.379 e. The molecule has 2 rings (SSSR count). The molecule has 74 valence electrons. The molecule has 2 aromatic heterocycles. The summed E-state index contributed by atoms with van der Waals surface area (Å²) < 4.78 is 1.69. The third kappa shape index (κ3) is 1.53. The van der Waals surface area contributed by atoms with Crippen molar-refractivity contribution in [3.63, 3.8) is 0 Å². The van der Waals surface area contributed by atoms with E-state index in [4.69, 9.17) is 0 Å². The summed E-state index contributed by atoms with van der Waals surface area (Å²) in [7, 11) is 1.80. The number of aryl methyl sites for hydroxylation is 2.